The predicted molar refractivity (Wildman–Crippen MR) is 77.5 cm³/mol. The first-order valence-electron chi connectivity index (χ1n) is 7.73. The van der Waals surface area contributed by atoms with Gasteiger partial charge in [0, 0.05) is 50.1 Å². The van der Waals surface area contributed by atoms with Gasteiger partial charge >= 0.3 is 0 Å². The number of carbonyl (C=O) groups is 1. The standard InChI is InChI=1S/C15H24N4O/c1-10(2)15-18-12-9-16-7-5-13(12)19(15)8-6-14(20)17-11-3-4-11/h10-11,16H,3-9H2,1-2H3,(H,17,20). The second-order valence-electron chi connectivity index (χ2n) is 6.19. The molecule has 1 aromatic heterocycles. The molecule has 1 amide bonds. The highest BCUT2D eigenvalue weighted by Crippen LogP contribution is 2.22. The predicted octanol–water partition coefficient (Wildman–Crippen LogP) is 1.32. The molecule has 0 aromatic carbocycles. The van der Waals surface area contributed by atoms with Crippen molar-refractivity contribution in [2.24, 2.45) is 0 Å². The molecule has 5 nitrogen and oxygen atoms in total. The number of aromatic nitrogens is 2. The number of fused-ring (bicyclic) bond motifs is 1. The van der Waals surface area contributed by atoms with Crippen molar-refractivity contribution in [2.45, 2.75) is 64.6 Å². The average molecular weight is 276 g/mol. The molecular weight excluding hydrogens is 252 g/mol. The molecule has 0 radical (unpaired) electrons. The summed E-state index contributed by atoms with van der Waals surface area (Å²) < 4.78 is 2.29. The van der Waals surface area contributed by atoms with Crippen LogP contribution in [-0.2, 0) is 24.3 Å². The molecule has 1 aromatic rings. The minimum absolute atomic E-state index is 0.179. The molecule has 0 bridgehead atoms. The fraction of sp³-hybridized carbons (Fsp3) is 0.733. The summed E-state index contributed by atoms with van der Waals surface area (Å²) in [5, 5.41) is 6.42. The van der Waals surface area contributed by atoms with Crippen LogP contribution in [0.2, 0.25) is 0 Å². The van der Waals surface area contributed by atoms with Gasteiger partial charge in [0.2, 0.25) is 5.91 Å². The highest BCUT2D eigenvalue weighted by atomic mass is 16.1. The molecule has 110 valence electrons. The Labute approximate surface area is 120 Å². The highest BCUT2D eigenvalue weighted by molar-refractivity contribution is 5.76. The number of carbonyl (C=O) groups excluding carboxylic acids is 1. The molecule has 3 rings (SSSR count). The van der Waals surface area contributed by atoms with Gasteiger partial charge in [-0.25, -0.2) is 4.98 Å². The Hall–Kier alpha value is -1.36. The zero-order valence-corrected chi connectivity index (χ0v) is 12.4. The number of imidazole rings is 1. The molecule has 1 fully saturated rings. The summed E-state index contributed by atoms with van der Waals surface area (Å²) in [6.07, 6.45) is 3.87. The van der Waals surface area contributed by atoms with E-state index in [2.05, 4.69) is 29.0 Å². The van der Waals surface area contributed by atoms with Gasteiger partial charge < -0.3 is 15.2 Å². The molecule has 20 heavy (non-hydrogen) atoms. The Morgan fingerprint density at radius 3 is 3.00 bits per heavy atom. The van der Waals surface area contributed by atoms with Crippen molar-refractivity contribution in [3.05, 3.63) is 17.2 Å². The lowest BCUT2D eigenvalue weighted by Crippen LogP contribution is -2.28. The summed E-state index contributed by atoms with van der Waals surface area (Å²) in [7, 11) is 0. The first-order valence-corrected chi connectivity index (χ1v) is 7.73. The monoisotopic (exact) mass is 276 g/mol. The van der Waals surface area contributed by atoms with Crippen LogP contribution in [0, 0.1) is 0 Å². The van der Waals surface area contributed by atoms with E-state index < -0.39 is 0 Å². The van der Waals surface area contributed by atoms with Gasteiger partial charge in [0.05, 0.1) is 5.69 Å². The third-order valence-electron chi connectivity index (χ3n) is 4.04. The van der Waals surface area contributed by atoms with E-state index >= 15 is 0 Å². The molecule has 1 saturated carbocycles. The van der Waals surface area contributed by atoms with Gasteiger partial charge in [-0.3, -0.25) is 4.79 Å². The van der Waals surface area contributed by atoms with E-state index in [9.17, 15) is 4.79 Å². The van der Waals surface area contributed by atoms with Gasteiger partial charge in [-0.15, -0.1) is 0 Å². The molecule has 1 aliphatic carbocycles. The number of hydrogen-bond donors (Lipinski definition) is 2. The average Bonchev–Trinajstić information content (AvgIpc) is 3.15. The second kappa shape index (κ2) is 5.56. The Balaban J connectivity index is 1.72. The topological polar surface area (TPSA) is 59.0 Å². The molecule has 2 aliphatic rings. The first kappa shape index (κ1) is 13.6. The molecule has 0 spiro atoms. The highest BCUT2D eigenvalue weighted by Gasteiger charge is 2.24. The Kier molecular flexibility index (Phi) is 3.78. The number of nitrogens with one attached hydrogen (secondary N) is 2. The maximum absolute atomic E-state index is 11.9. The number of amides is 1. The van der Waals surface area contributed by atoms with Crippen molar-refractivity contribution in [3.8, 4) is 0 Å². The normalized spacial score (nSPS) is 18.1. The van der Waals surface area contributed by atoms with Crippen molar-refractivity contribution >= 4 is 5.91 Å². The largest absolute Gasteiger partial charge is 0.353 e. The van der Waals surface area contributed by atoms with Gasteiger partial charge in [0.15, 0.2) is 0 Å². The van der Waals surface area contributed by atoms with Crippen LogP contribution in [0.3, 0.4) is 0 Å². The van der Waals surface area contributed by atoms with Crippen molar-refractivity contribution in [2.75, 3.05) is 6.54 Å². The lowest BCUT2D eigenvalue weighted by Gasteiger charge is -2.17. The van der Waals surface area contributed by atoms with Crippen LogP contribution < -0.4 is 10.6 Å². The van der Waals surface area contributed by atoms with E-state index in [0.717, 1.165) is 44.7 Å². The number of hydrogen-bond acceptors (Lipinski definition) is 3. The van der Waals surface area contributed by atoms with Crippen molar-refractivity contribution in [3.63, 3.8) is 0 Å². The van der Waals surface area contributed by atoms with E-state index in [4.69, 9.17) is 4.98 Å². The molecule has 0 unspecified atom stereocenters. The van der Waals surface area contributed by atoms with E-state index in [1.165, 1.54) is 11.4 Å². The number of rotatable bonds is 5. The van der Waals surface area contributed by atoms with Crippen LogP contribution in [0.1, 0.15) is 56.2 Å². The Bertz CT molecular complexity index is 502. The van der Waals surface area contributed by atoms with E-state index in [1.54, 1.807) is 0 Å². The van der Waals surface area contributed by atoms with Crippen LogP contribution in [0.5, 0.6) is 0 Å². The first-order chi connectivity index (χ1) is 9.65. The lowest BCUT2D eigenvalue weighted by molar-refractivity contribution is -0.121. The van der Waals surface area contributed by atoms with E-state index in [-0.39, 0.29) is 5.91 Å². The van der Waals surface area contributed by atoms with Gasteiger partial charge in [0.1, 0.15) is 5.82 Å². The molecule has 2 N–H and O–H groups in total. The van der Waals surface area contributed by atoms with Crippen LogP contribution in [0.15, 0.2) is 0 Å². The Morgan fingerprint density at radius 2 is 2.30 bits per heavy atom. The van der Waals surface area contributed by atoms with Gasteiger partial charge in [-0.1, -0.05) is 13.8 Å². The van der Waals surface area contributed by atoms with Gasteiger partial charge in [-0.2, -0.15) is 0 Å². The summed E-state index contributed by atoms with van der Waals surface area (Å²) in [6, 6.07) is 0.452. The zero-order valence-electron chi connectivity index (χ0n) is 12.4. The van der Waals surface area contributed by atoms with Crippen molar-refractivity contribution < 1.29 is 4.79 Å². The van der Waals surface area contributed by atoms with Crippen molar-refractivity contribution in [1.82, 2.24) is 20.2 Å². The quantitative estimate of drug-likeness (QED) is 0.853. The SMILES string of the molecule is CC(C)c1nc2c(n1CCC(=O)NC1CC1)CCNC2. The van der Waals surface area contributed by atoms with Gasteiger partial charge in [-0.05, 0) is 12.8 Å². The maximum atomic E-state index is 11.9. The maximum Gasteiger partial charge on any atom is 0.222 e. The number of nitrogens with zero attached hydrogens (tertiary/aromatic N) is 2. The summed E-state index contributed by atoms with van der Waals surface area (Å²) in [4.78, 5) is 16.7. The molecule has 1 aliphatic heterocycles. The van der Waals surface area contributed by atoms with E-state index in [0.29, 0.717) is 18.4 Å². The third kappa shape index (κ3) is 2.87. The van der Waals surface area contributed by atoms with Crippen molar-refractivity contribution in [1.29, 1.82) is 0 Å². The summed E-state index contributed by atoms with van der Waals surface area (Å²) in [5.74, 6) is 1.70. The molecule has 2 heterocycles. The molecular formula is C15H24N4O. The van der Waals surface area contributed by atoms with Gasteiger partial charge in [0.25, 0.3) is 0 Å². The second-order valence-corrected chi connectivity index (χ2v) is 6.19. The molecule has 0 atom stereocenters. The lowest BCUT2D eigenvalue weighted by atomic mass is 10.1. The summed E-state index contributed by atoms with van der Waals surface area (Å²) in [6.45, 7) is 6.96. The molecule has 0 saturated heterocycles. The van der Waals surface area contributed by atoms with Crippen LogP contribution in [0.25, 0.3) is 0 Å². The van der Waals surface area contributed by atoms with Crippen LogP contribution in [0.4, 0.5) is 0 Å². The minimum Gasteiger partial charge on any atom is -0.353 e. The zero-order chi connectivity index (χ0) is 14.1. The fourth-order valence-corrected chi connectivity index (χ4v) is 2.82. The molecule has 5 heteroatoms. The van der Waals surface area contributed by atoms with Crippen LogP contribution in [-0.4, -0.2) is 28.0 Å². The Morgan fingerprint density at radius 1 is 1.50 bits per heavy atom. The summed E-state index contributed by atoms with van der Waals surface area (Å²) >= 11 is 0. The third-order valence-corrected chi connectivity index (χ3v) is 4.04. The minimum atomic E-state index is 0.179. The van der Waals surface area contributed by atoms with E-state index in [1.807, 2.05) is 0 Å². The summed E-state index contributed by atoms with van der Waals surface area (Å²) in [5.41, 5.74) is 2.49. The fourth-order valence-electron chi connectivity index (χ4n) is 2.82. The smallest absolute Gasteiger partial charge is 0.222 e. The van der Waals surface area contributed by atoms with Crippen LogP contribution >= 0.6 is 0 Å².